The highest BCUT2D eigenvalue weighted by Crippen LogP contribution is 2.21. The molecule has 0 aliphatic rings. The highest BCUT2D eigenvalue weighted by Gasteiger charge is 2.09. The molecule has 2 heterocycles. The average Bonchev–Trinajstić information content (AvgIpc) is 3.02. The Morgan fingerprint density at radius 3 is 2.39 bits per heavy atom. The summed E-state index contributed by atoms with van der Waals surface area (Å²) < 4.78 is 10.7. The molecule has 1 N–H and O–H groups in total. The van der Waals surface area contributed by atoms with Gasteiger partial charge in [0.25, 0.3) is 5.91 Å². The quantitative estimate of drug-likeness (QED) is 0.794. The zero-order valence-corrected chi connectivity index (χ0v) is 12.7. The number of amides is 1. The number of aromatic nitrogens is 2. The Hall–Kier alpha value is -3.15. The highest BCUT2D eigenvalue weighted by atomic mass is 16.5. The van der Waals surface area contributed by atoms with Gasteiger partial charge in [-0.05, 0) is 56.3 Å². The number of ether oxygens (including phenoxy) is 1. The summed E-state index contributed by atoms with van der Waals surface area (Å²) in [5.41, 5.74) is 2.32. The van der Waals surface area contributed by atoms with Crippen molar-refractivity contribution in [1.82, 2.24) is 9.97 Å². The van der Waals surface area contributed by atoms with Crippen LogP contribution in [-0.2, 0) is 0 Å². The number of hydrogen-bond donors (Lipinski definition) is 1. The molecule has 23 heavy (non-hydrogen) atoms. The lowest BCUT2D eigenvalue weighted by atomic mass is 10.3. The number of anilines is 1. The van der Waals surface area contributed by atoms with Crippen molar-refractivity contribution < 1.29 is 13.9 Å². The highest BCUT2D eigenvalue weighted by molar-refractivity contribution is 6.02. The maximum atomic E-state index is 11.9. The minimum Gasteiger partial charge on any atom is -0.459 e. The van der Waals surface area contributed by atoms with E-state index in [1.807, 2.05) is 19.9 Å². The lowest BCUT2D eigenvalue weighted by Crippen LogP contribution is -2.10. The van der Waals surface area contributed by atoms with Crippen molar-refractivity contribution in [3.05, 3.63) is 65.9 Å². The number of nitrogens with zero attached hydrogens (tertiary/aromatic N) is 2. The van der Waals surface area contributed by atoms with Gasteiger partial charge < -0.3 is 14.5 Å². The van der Waals surface area contributed by atoms with Gasteiger partial charge in [-0.25, -0.2) is 9.97 Å². The lowest BCUT2D eigenvalue weighted by Gasteiger charge is -2.07. The van der Waals surface area contributed by atoms with E-state index in [0.29, 0.717) is 17.4 Å². The molecule has 0 saturated heterocycles. The van der Waals surface area contributed by atoms with Crippen LogP contribution in [-0.4, -0.2) is 15.9 Å². The Labute approximate surface area is 133 Å². The summed E-state index contributed by atoms with van der Waals surface area (Å²) in [6.45, 7) is 3.77. The van der Waals surface area contributed by atoms with E-state index in [1.165, 1.54) is 6.26 Å². The fourth-order valence-corrected chi connectivity index (χ4v) is 2.05. The second-order valence-corrected chi connectivity index (χ2v) is 4.99. The van der Waals surface area contributed by atoms with Crippen LogP contribution in [0, 0.1) is 13.8 Å². The topological polar surface area (TPSA) is 77.2 Å². The van der Waals surface area contributed by atoms with Gasteiger partial charge in [0.05, 0.1) is 6.26 Å². The maximum Gasteiger partial charge on any atom is 0.322 e. The molecule has 6 heteroatoms. The molecule has 0 aliphatic carbocycles. The van der Waals surface area contributed by atoms with Crippen LogP contribution in [0.1, 0.15) is 21.9 Å². The Morgan fingerprint density at radius 1 is 1.09 bits per heavy atom. The van der Waals surface area contributed by atoms with Crippen molar-refractivity contribution in [1.29, 1.82) is 0 Å². The number of benzene rings is 1. The first-order chi connectivity index (χ1) is 11.1. The van der Waals surface area contributed by atoms with Gasteiger partial charge in [0.15, 0.2) is 5.76 Å². The molecule has 0 bridgehead atoms. The lowest BCUT2D eigenvalue weighted by molar-refractivity contribution is 0.0996. The number of aryl methyl sites for hydroxylation is 2. The Balaban J connectivity index is 1.68. The fraction of sp³-hybridized carbons (Fsp3) is 0.118. The van der Waals surface area contributed by atoms with Crippen molar-refractivity contribution in [3.8, 4) is 11.8 Å². The molecule has 0 fully saturated rings. The van der Waals surface area contributed by atoms with E-state index in [2.05, 4.69) is 15.3 Å². The predicted octanol–water partition coefficient (Wildman–Crippen LogP) is 3.73. The van der Waals surface area contributed by atoms with E-state index in [-0.39, 0.29) is 11.7 Å². The standard InChI is InChI=1S/C17H15N3O3/c1-11-10-12(2)19-17(18-11)23-14-7-5-13(6-8-14)20-16(21)15-4-3-9-22-15/h3-10H,1-2H3,(H,20,21). The summed E-state index contributed by atoms with van der Waals surface area (Å²) in [6, 6.07) is 12.4. The SMILES string of the molecule is Cc1cc(C)nc(Oc2ccc(NC(=O)c3ccco3)cc2)n1. The molecule has 116 valence electrons. The molecule has 3 aromatic rings. The number of furan rings is 1. The van der Waals surface area contributed by atoms with Gasteiger partial charge in [-0.2, -0.15) is 0 Å². The number of nitrogens with one attached hydrogen (secondary N) is 1. The van der Waals surface area contributed by atoms with Gasteiger partial charge in [-0.3, -0.25) is 4.79 Å². The van der Waals surface area contributed by atoms with E-state index in [4.69, 9.17) is 9.15 Å². The predicted molar refractivity (Wildman–Crippen MR) is 84.7 cm³/mol. The van der Waals surface area contributed by atoms with Gasteiger partial charge in [0.1, 0.15) is 5.75 Å². The molecule has 0 radical (unpaired) electrons. The second kappa shape index (κ2) is 6.31. The third-order valence-corrected chi connectivity index (χ3v) is 3.03. The third-order valence-electron chi connectivity index (χ3n) is 3.03. The Bertz CT molecular complexity index is 791. The first-order valence-electron chi connectivity index (χ1n) is 7.05. The van der Waals surface area contributed by atoms with Crippen LogP contribution in [0.3, 0.4) is 0 Å². The molecular formula is C17H15N3O3. The van der Waals surface area contributed by atoms with Crippen LogP contribution in [0.15, 0.2) is 53.1 Å². The Morgan fingerprint density at radius 2 is 1.78 bits per heavy atom. The maximum absolute atomic E-state index is 11.9. The number of carbonyl (C=O) groups excluding carboxylic acids is 1. The van der Waals surface area contributed by atoms with Crippen molar-refractivity contribution in [2.45, 2.75) is 13.8 Å². The van der Waals surface area contributed by atoms with E-state index < -0.39 is 0 Å². The van der Waals surface area contributed by atoms with Crippen LogP contribution in [0.25, 0.3) is 0 Å². The van der Waals surface area contributed by atoms with Crippen LogP contribution in [0.2, 0.25) is 0 Å². The summed E-state index contributed by atoms with van der Waals surface area (Å²) in [4.78, 5) is 20.3. The van der Waals surface area contributed by atoms with Crippen LogP contribution in [0.5, 0.6) is 11.8 Å². The van der Waals surface area contributed by atoms with E-state index in [0.717, 1.165) is 11.4 Å². The third kappa shape index (κ3) is 3.74. The summed E-state index contributed by atoms with van der Waals surface area (Å²) in [5.74, 6) is 0.543. The van der Waals surface area contributed by atoms with Gasteiger partial charge in [0, 0.05) is 17.1 Å². The van der Waals surface area contributed by atoms with Crippen LogP contribution in [0.4, 0.5) is 5.69 Å². The smallest absolute Gasteiger partial charge is 0.322 e. The molecule has 1 amide bonds. The van der Waals surface area contributed by atoms with E-state index in [1.54, 1.807) is 36.4 Å². The molecular weight excluding hydrogens is 294 g/mol. The van der Waals surface area contributed by atoms with Crippen molar-refractivity contribution in [2.24, 2.45) is 0 Å². The monoisotopic (exact) mass is 309 g/mol. The van der Waals surface area contributed by atoms with Gasteiger partial charge >= 0.3 is 6.01 Å². The summed E-state index contributed by atoms with van der Waals surface area (Å²) in [6.07, 6.45) is 1.45. The van der Waals surface area contributed by atoms with E-state index >= 15 is 0 Å². The number of hydrogen-bond acceptors (Lipinski definition) is 5. The largest absolute Gasteiger partial charge is 0.459 e. The molecule has 3 rings (SSSR count). The second-order valence-electron chi connectivity index (χ2n) is 4.99. The van der Waals surface area contributed by atoms with Gasteiger partial charge in [-0.15, -0.1) is 0 Å². The summed E-state index contributed by atoms with van der Waals surface area (Å²) in [7, 11) is 0. The zero-order chi connectivity index (χ0) is 16.2. The van der Waals surface area contributed by atoms with Gasteiger partial charge in [0.2, 0.25) is 0 Å². The summed E-state index contributed by atoms with van der Waals surface area (Å²) in [5, 5.41) is 2.73. The molecule has 0 spiro atoms. The van der Waals surface area contributed by atoms with E-state index in [9.17, 15) is 4.79 Å². The minimum absolute atomic E-state index is 0.258. The number of carbonyl (C=O) groups is 1. The Kier molecular flexibility index (Phi) is 4.05. The molecule has 0 atom stereocenters. The van der Waals surface area contributed by atoms with Crippen molar-refractivity contribution in [3.63, 3.8) is 0 Å². The molecule has 0 saturated carbocycles. The van der Waals surface area contributed by atoms with Crippen LogP contribution >= 0.6 is 0 Å². The molecule has 2 aromatic heterocycles. The van der Waals surface area contributed by atoms with Crippen LogP contribution < -0.4 is 10.1 Å². The molecule has 0 aliphatic heterocycles. The first kappa shape index (κ1) is 14.8. The zero-order valence-electron chi connectivity index (χ0n) is 12.7. The van der Waals surface area contributed by atoms with Gasteiger partial charge in [-0.1, -0.05) is 0 Å². The first-order valence-corrected chi connectivity index (χ1v) is 7.05. The average molecular weight is 309 g/mol. The van der Waals surface area contributed by atoms with Crippen molar-refractivity contribution in [2.75, 3.05) is 5.32 Å². The van der Waals surface area contributed by atoms with Crippen molar-refractivity contribution >= 4 is 11.6 Å². The minimum atomic E-state index is -0.304. The summed E-state index contributed by atoms with van der Waals surface area (Å²) >= 11 is 0. The molecule has 6 nitrogen and oxygen atoms in total. The molecule has 0 unspecified atom stereocenters. The fourth-order valence-electron chi connectivity index (χ4n) is 2.05. The molecule has 1 aromatic carbocycles. The normalized spacial score (nSPS) is 10.3. The number of rotatable bonds is 4.